The molecule has 1 aliphatic heterocycles. The Labute approximate surface area is 72.3 Å². The molecular weight excluding hydrogens is 154 g/mol. The van der Waals surface area contributed by atoms with Crippen molar-refractivity contribution in [3.8, 4) is 0 Å². The van der Waals surface area contributed by atoms with E-state index >= 15 is 0 Å². The molecule has 0 aromatic carbocycles. The fourth-order valence-electron chi connectivity index (χ4n) is 2.67. The van der Waals surface area contributed by atoms with Crippen molar-refractivity contribution in [2.24, 2.45) is 11.8 Å². The summed E-state index contributed by atoms with van der Waals surface area (Å²) in [5.41, 5.74) is 0. The van der Waals surface area contributed by atoms with E-state index in [1.54, 1.807) is 0 Å². The minimum Gasteiger partial charge on any atom is -0.309 e. The van der Waals surface area contributed by atoms with Crippen molar-refractivity contribution < 1.29 is 0 Å². The average molecular weight is 169 g/mol. The average Bonchev–Trinajstić information content (AvgIpc) is 2.43. The lowest BCUT2D eigenvalue weighted by Gasteiger charge is -2.26. The molecule has 0 amide bonds. The van der Waals surface area contributed by atoms with Gasteiger partial charge in [0.05, 0.1) is 0 Å². The van der Waals surface area contributed by atoms with Crippen molar-refractivity contribution >= 4 is 11.8 Å². The topological polar surface area (TPSA) is 12.0 Å². The Bertz CT molecular complexity index is 157. The van der Waals surface area contributed by atoms with Gasteiger partial charge in [0.15, 0.2) is 0 Å². The van der Waals surface area contributed by atoms with E-state index in [4.69, 9.17) is 0 Å². The van der Waals surface area contributed by atoms with Gasteiger partial charge in [-0.15, -0.1) is 0 Å². The fourth-order valence-corrected chi connectivity index (χ4v) is 3.34. The van der Waals surface area contributed by atoms with Crippen LogP contribution in [-0.2, 0) is 0 Å². The Morgan fingerprint density at radius 2 is 1.82 bits per heavy atom. The van der Waals surface area contributed by atoms with Crippen LogP contribution in [0, 0.1) is 11.8 Å². The van der Waals surface area contributed by atoms with Crippen LogP contribution in [0.15, 0.2) is 0 Å². The molecule has 3 fully saturated rings. The number of rotatable bonds is 2. The van der Waals surface area contributed by atoms with Gasteiger partial charge in [-0.05, 0) is 24.7 Å². The first kappa shape index (κ1) is 6.79. The monoisotopic (exact) mass is 169 g/mol. The summed E-state index contributed by atoms with van der Waals surface area (Å²) < 4.78 is 0. The van der Waals surface area contributed by atoms with E-state index < -0.39 is 0 Å². The molecule has 1 heterocycles. The van der Waals surface area contributed by atoms with Crippen molar-refractivity contribution in [1.29, 1.82) is 0 Å². The van der Waals surface area contributed by atoms with Gasteiger partial charge in [-0.2, -0.15) is 11.8 Å². The Balaban J connectivity index is 1.51. The SMILES string of the molecule is C1CC2C(C1)C2NC1CSC1. The van der Waals surface area contributed by atoms with E-state index in [0.717, 1.165) is 23.9 Å². The van der Waals surface area contributed by atoms with E-state index in [0.29, 0.717) is 0 Å². The van der Waals surface area contributed by atoms with E-state index in [-0.39, 0.29) is 0 Å². The highest BCUT2D eigenvalue weighted by Crippen LogP contribution is 2.52. The van der Waals surface area contributed by atoms with Gasteiger partial charge in [-0.1, -0.05) is 6.42 Å². The van der Waals surface area contributed by atoms with Gasteiger partial charge in [-0.25, -0.2) is 0 Å². The van der Waals surface area contributed by atoms with Crippen LogP contribution < -0.4 is 5.32 Å². The molecule has 3 rings (SSSR count). The molecule has 0 radical (unpaired) electrons. The molecule has 2 unspecified atom stereocenters. The maximum Gasteiger partial charge on any atom is 0.0251 e. The molecule has 62 valence electrons. The van der Waals surface area contributed by atoms with E-state index in [2.05, 4.69) is 17.1 Å². The van der Waals surface area contributed by atoms with Gasteiger partial charge >= 0.3 is 0 Å². The van der Waals surface area contributed by atoms with E-state index in [1.165, 1.54) is 30.8 Å². The summed E-state index contributed by atoms with van der Waals surface area (Å²) in [6.07, 6.45) is 4.54. The number of fused-ring (bicyclic) bond motifs is 1. The Morgan fingerprint density at radius 3 is 2.36 bits per heavy atom. The molecule has 0 bridgehead atoms. The predicted octanol–water partition coefficient (Wildman–Crippen LogP) is 1.49. The second-order valence-corrected chi connectivity index (χ2v) is 5.26. The quantitative estimate of drug-likeness (QED) is 0.672. The molecule has 11 heavy (non-hydrogen) atoms. The van der Waals surface area contributed by atoms with E-state index in [1.807, 2.05) is 0 Å². The molecule has 0 aromatic heterocycles. The second kappa shape index (κ2) is 2.40. The zero-order valence-electron chi connectivity index (χ0n) is 6.75. The molecule has 0 spiro atoms. The summed E-state index contributed by atoms with van der Waals surface area (Å²) in [6.45, 7) is 0. The third kappa shape index (κ3) is 1.03. The van der Waals surface area contributed by atoms with Crippen molar-refractivity contribution in [2.75, 3.05) is 11.5 Å². The zero-order chi connectivity index (χ0) is 7.26. The van der Waals surface area contributed by atoms with Crippen LogP contribution in [0.3, 0.4) is 0 Å². The fraction of sp³-hybridized carbons (Fsp3) is 1.00. The van der Waals surface area contributed by atoms with Crippen LogP contribution in [-0.4, -0.2) is 23.6 Å². The van der Waals surface area contributed by atoms with Crippen LogP contribution >= 0.6 is 11.8 Å². The first-order chi connectivity index (χ1) is 5.45. The molecule has 2 saturated carbocycles. The Hall–Kier alpha value is 0.310. The lowest BCUT2D eigenvalue weighted by Crippen LogP contribution is -2.42. The minimum atomic E-state index is 0.885. The van der Waals surface area contributed by atoms with Gasteiger partial charge in [0.25, 0.3) is 0 Å². The second-order valence-electron chi connectivity index (χ2n) is 4.19. The standard InChI is InChI=1S/C9H15NS/c1-2-7-8(3-1)9(7)10-6-4-11-5-6/h6-10H,1-5H2. The highest BCUT2D eigenvalue weighted by atomic mass is 32.2. The molecule has 3 aliphatic rings. The van der Waals surface area contributed by atoms with Crippen LogP contribution in [0.2, 0.25) is 0 Å². The highest BCUT2D eigenvalue weighted by molar-refractivity contribution is 8.00. The summed E-state index contributed by atoms with van der Waals surface area (Å²) >= 11 is 2.08. The third-order valence-electron chi connectivity index (χ3n) is 3.47. The largest absolute Gasteiger partial charge is 0.309 e. The van der Waals surface area contributed by atoms with Gasteiger partial charge in [-0.3, -0.25) is 0 Å². The Morgan fingerprint density at radius 1 is 1.09 bits per heavy atom. The van der Waals surface area contributed by atoms with Gasteiger partial charge < -0.3 is 5.32 Å². The van der Waals surface area contributed by atoms with Crippen LogP contribution in [0.4, 0.5) is 0 Å². The van der Waals surface area contributed by atoms with Crippen LogP contribution in [0.5, 0.6) is 0 Å². The zero-order valence-corrected chi connectivity index (χ0v) is 7.57. The molecule has 2 aliphatic carbocycles. The van der Waals surface area contributed by atoms with Crippen molar-refractivity contribution in [3.05, 3.63) is 0 Å². The molecule has 1 nitrogen and oxygen atoms in total. The number of hydrogen-bond acceptors (Lipinski definition) is 2. The molecule has 1 N–H and O–H groups in total. The molecular formula is C9H15NS. The maximum absolute atomic E-state index is 3.77. The van der Waals surface area contributed by atoms with Crippen molar-refractivity contribution in [1.82, 2.24) is 5.32 Å². The maximum atomic E-state index is 3.77. The van der Waals surface area contributed by atoms with Crippen LogP contribution in [0.25, 0.3) is 0 Å². The van der Waals surface area contributed by atoms with Crippen LogP contribution in [0.1, 0.15) is 19.3 Å². The molecule has 2 atom stereocenters. The summed E-state index contributed by atoms with van der Waals surface area (Å²) in [6, 6.07) is 1.84. The Kier molecular flexibility index (Phi) is 1.48. The third-order valence-corrected chi connectivity index (χ3v) is 4.75. The number of thioether (sulfide) groups is 1. The minimum absolute atomic E-state index is 0.885. The molecule has 1 saturated heterocycles. The molecule has 0 aromatic rings. The first-order valence-corrected chi connectivity index (χ1v) is 5.94. The summed E-state index contributed by atoms with van der Waals surface area (Å²) in [4.78, 5) is 0. The smallest absolute Gasteiger partial charge is 0.0251 e. The predicted molar refractivity (Wildman–Crippen MR) is 48.9 cm³/mol. The highest BCUT2D eigenvalue weighted by Gasteiger charge is 2.53. The van der Waals surface area contributed by atoms with Gasteiger partial charge in [0, 0.05) is 23.6 Å². The summed E-state index contributed by atoms with van der Waals surface area (Å²) in [7, 11) is 0. The van der Waals surface area contributed by atoms with Crippen molar-refractivity contribution in [3.63, 3.8) is 0 Å². The lowest BCUT2D eigenvalue weighted by molar-refractivity contribution is 0.506. The first-order valence-electron chi connectivity index (χ1n) is 4.79. The van der Waals surface area contributed by atoms with Gasteiger partial charge in [0.2, 0.25) is 0 Å². The normalized spacial score (nSPS) is 48.5. The number of hydrogen-bond donors (Lipinski definition) is 1. The summed E-state index contributed by atoms with van der Waals surface area (Å²) in [5.74, 6) is 4.94. The van der Waals surface area contributed by atoms with E-state index in [9.17, 15) is 0 Å². The lowest BCUT2D eigenvalue weighted by atomic mass is 10.2. The van der Waals surface area contributed by atoms with Crippen molar-refractivity contribution in [2.45, 2.75) is 31.3 Å². The molecule has 2 heteroatoms. The number of nitrogens with one attached hydrogen (secondary N) is 1. The van der Waals surface area contributed by atoms with Gasteiger partial charge in [0.1, 0.15) is 0 Å². The summed E-state index contributed by atoms with van der Waals surface area (Å²) in [5, 5.41) is 3.77.